The van der Waals surface area contributed by atoms with E-state index in [2.05, 4.69) is 0 Å². The number of nitrogens with zero attached hydrogens (tertiary/aromatic N) is 3. The number of hydrogen-bond acceptors (Lipinski definition) is 5. The van der Waals surface area contributed by atoms with Crippen LogP contribution in [-0.2, 0) is 6.54 Å². The quantitative estimate of drug-likeness (QED) is 0.369. The third kappa shape index (κ3) is 4.38. The van der Waals surface area contributed by atoms with Gasteiger partial charge in [0.1, 0.15) is 0 Å². The summed E-state index contributed by atoms with van der Waals surface area (Å²) in [6, 6.07) is 19.4. The first-order valence-corrected chi connectivity index (χ1v) is 11.2. The summed E-state index contributed by atoms with van der Waals surface area (Å²) in [6.45, 7) is 3.12. The average molecular weight is 448 g/mol. The Balaban J connectivity index is 1.80. The molecular weight excluding hydrogens is 422 g/mol. The van der Waals surface area contributed by atoms with Gasteiger partial charge >= 0.3 is 0 Å². The van der Waals surface area contributed by atoms with Crippen molar-refractivity contribution >= 4 is 17.2 Å². The second-order valence-corrected chi connectivity index (χ2v) is 8.17. The number of para-hydroxylation sites is 1. The fourth-order valence-electron chi connectivity index (χ4n) is 3.53. The van der Waals surface area contributed by atoms with Gasteiger partial charge in [0, 0.05) is 23.2 Å². The molecule has 0 radical (unpaired) electrons. The van der Waals surface area contributed by atoms with E-state index in [9.17, 15) is 4.79 Å². The van der Waals surface area contributed by atoms with Crippen molar-refractivity contribution in [2.75, 3.05) is 20.8 Å². The van der Waals surface area contributed by atoms with E-state index in [0.717, 1.165) is 21.7 Å². The van der Waals surface area contributed by atoms with Gasteiger partial charge in [-0.3, -0.25) is 4.79 Å². The molecule has 32 heavy (non-hydrogen) atoms. The van der Waals surface area contributed by atoms with Crippen LogP contribution < -0.4 is 9.47 Å². The third-order valence-electron chi connectivity index (χ3n) is 5.23. The summed E-state index contributed by atoms with van der Waals surface area (Å²) in [4.78, 5) is 16.6. The number of aromatic nitrogens is 2. The molecule has 0 unspecified atom stereocenters. The van der Waals surface area contributed by atoms with E-state index in [-0.39, 0.29) is 5.91 Å². The molecule has 2 aromatic carbocycles. The molecule has 2 heterocycles. The summed E-state index contributed by atoms with van der Waals surface area (Å²) in [5.74, 6) is 1.12. The molecule has 4 rings (SSSR count). The lowest BCUT2D eigenvalue weighted by Gasteiger charge is -2.19. The summed E-state index contributed by atoms with van der Waals surface area (Å²) in [5.41, 5.74) is 2.86. The molecule has 0 bridgehead atoms. The van der Waals surface area contributed by atoms with Crippen LogP contribution in [0.1, 0.15) is 22.3 Å². The highest BCUT2D eigenvalue weighted by atomic mass is 32.1. The average Bonchev–Trinajstić information content (AvgIpc) is 3.52. The van der Waals surface area contributed by atoms with Crippen LogP contribution in [0.2, 0.25) is 0 Å². The highest BCUT2D eigenvalue weighted by Gasteiger charge is 2.24. The van der Waals surface area contributed by atoms with Crippen molar-refractivity contribution in [3.05, 3.63) is 82.8 Å². The molecule has 0 saturated heterocycles. The molecule has 0 aliphatic heterocycles. The van der Waals surface area contributed by atoms with Crippen molar-refractivity contribution in [2.24, 2.45) is 0 Å². The standard InChI is InChI=1S/C25H25N3O3S/c1-4-27(16-20-11-8-14-32-20)25(29)24-21(17-28(26-24)19-9-6-5-7-10-19)18-12-13-22(30-2)23(15-18)31-3/h5-15,17H,4,16H2,1-3H3. The van der Waals surface area contributed by atoms with E-state index in [4.69, 9.17) is 14.6 Å². The normalized spacial score (nSPS) is 10.7. The number of ether oxygens (including phenoxy) is 2. The van der Waals surface area contributed by atoms with Crippen LogP contribution in [0.5, 0.6) is 11.5 Å². The van der Waals surface area contributed by atoms with Gasteiger partial charge < -0.3 is 14.4 Å². The van der Waals surface area contributed by atoms with Crippen LogP contribution in [-0.4, -0.2) is 41.4 Å². The molecule has 1 amide bonds. The molecule has 164 valence electrons. The zero-order chi connectivity index (χ0) is 22.5. The van der Waals surface area contributed by atoms with E-state index >= 15 is 0 Å². The lowest BCUT2D eigenvalue weighted by Crippen LogP contribution is -2.30. The molecule has 0 aliphatic rings. The van der Waals surface area contributed by atoms with Crippen molar-refractivity contribution in [3.63, 3.8) is 0 Å². The summed E-state index contributed by atoms with van der Waals surface area (Å²) >= 11 is 1.64. The Hall–Kier alpha value is -3.58. The lowest BCUT2D eigenvalue weighted by molar-refractivity contribution is 0.0748. The summed E-state index contributed by atoms with van der Waals surface area (Å²) in [5, 5.41) is 6.73. The van der Waals surface area contributed by atoms with Gasteiger partial charge in [-0.1, -0.05) is 30.3 Å². The fourth-order valence-corrected chi connectivity index (χ4v) is 4.25. The highest BCUT2D eigenvalue weighted by molar-refractivity contribution is 7.09. The Morgan fingerprint density at radius 1 is 1.03 bits per heavy atom. The molecule has 0 spiro atoms. The van der Waals surface area contributed by atoms with Gasteiger partial charge in [-0.25, -0.2) is 4.68 Å². The monoisotopic (exact) mass is 447 g/mol. The Bertz CT molecular complexity index is 1190. The first-order chi connectivity index (χ1) is 15.6. The van der Waals surface area contributed by atoms with E-state index in [0.29, 0.717) is 30.3 Å². The van der Waals surface area contributed by atoms with Crippen molar-refractivity contribution < 1.29 is 14.3 Å². The zero-order valence-corrected chi connectivity index (χ0v) is 19.1. The molecule has 0 atom stereocenters. The van der Waals surface area contributed by atoms with Crippen molar-refractivity contribution in [1.29, 1.82) is 0 Å². The van der Waals surface area contributed by atoms with E-state index in [1.54, 1.807) is 30.2 Å². The van der Waals surface area contributed by atoms with Crippen LogP contribution in [0.25, 0.3) is 16.8 Å². The van der Waals surface area contributed by atoms with E-state index < -0.39 is 0 Å². The predicted octanol–water partition coefficient (Wildman–Crippen LogP) is 5.28. The van der Waals surface area contributed by atoms with E-state index in [1.165, 1.54) is 0 Å². The number of carbonyl (C=O) groups excluding carboxylic acids is 1. The first-order valence-electron chi connectivity index (χ1n) is 10.3. The maximum absolute atomic E-state index is 13.6. The number of thiophene rings is 1. The lowest BCUT2D eigenvalue weighted by atomic mass is 10.0. The van der Waals surface area contributed by atoms with Crippen LogP contribution in [0.3, 0.4) is 0 Å². The van der Waals surface area contributed by atoms with Crippen LogP contribution in [0.4, 0.5) is 0 Å². The maximum Gasteiger partial charge on any atom is 0.275 e. The number of methoxy groups -OCH3 is 2. The Morgan fingerprint density at radius 2 is 1.81 bits per heavy atom. The van der Waals surface area contributed by atoms with Crippen molar-refractivity contribution in [3.8, 4) is 28.3 Å². The van der Waals surface area contributed by atoms with Crippen molar-refractivity contribution in [1.82, 2.24) is 14.7 Å². The fraction of sp³-hybridized carbons (Fsp3) is 0.200. The molecule has 0 aliphatic carbocycles. The van der Waals surface area contributed by atoms with Crippen LogP contribution in [0.15, 0.2) is 72.2 Å². The summed E-state index contributed by atoms with van der Waals surface area (Å²) in [7, 11) is 3.20. The van der Waals surface area contributed by atoms with Crippen LogP contribution in [0, 0.1) is 0 Å². The molecular formula is C25H25N3O3S. The Labute approximate surface area is 191 Å². The molecule has 6 nitrogen and oxygen atoms in total. The molecule has 0 fully saturated rings. The number of rotatable bonds is 8. The van der Waals surface area contributed by atoms with Crippen molar-refractivity contribution in [2.45, 2.75) is 13.5 Å². The predicted molar refractivity (Wildman–Crippen MR) is 127 cm³/mol. The maximum atomic E-state index is 13.6. The first kappa shape index (κ1) is 21.6. The Morgan fingerprint density at radius 3 is 2.47 bits per heavy atom. The number of amides is 1. The molecule has 2 aromatic heterocycles. The van der Waals surface area contributed by atoms with Gasteiger partial charge in [0.05, 0.1) is 26.5 Å². The SMILES string of the molecule is CCN(Cc1cccs1)C(=O)c1nn(-c2ccccc2)cc1-c1ccc(OC)c(OC)c1. The Kier molecular flexibility index (Phi) is 6.56. The molecule has 0 saturated carbocycles. The third-order valence-corrected chi connectivity index (χ3v) is 6.09. The smallest absolute Gasteiger partial charge is 0.275 e. The van der Waals surface area contributed by atoms with Gasteiger partial charge in [0.2, 0.25) is 0 Å². The largest absolute Gasteiger partial charge is 0.493 e. The topological polar surface area (TPSA) is 56.6 Å². The second-order valence-electron chi connectivity index (χ2n) is 7.14. The highest BCUT2D eigenvalue weighted by Crippen LogP contribution is 2.34. The number of benzene rings is 2. The molecule has 7 heteroatoms. The van der Waals surface area contributed by atoms with Gasteiger partial charge in [0.25, 0.3) is 5.91 Å². The minimum Gasteiger partial charge on any atom is -0.493 e. The van der Waals surface area contributed by atoms with E-state index in [1.807, 2.05) is 84.1 Å². The van der Waals surface area contributed by atoms with Crippen LogP contribution >= 0.6 is 11.3 Å². The van der Waals surface area contributed by atoms with Gasteiger partial charge in [-0.15, -0.1) is 11.3 Å². The summed E-state index contributed by atoms with van der Waals surface area (Å²) in [6.07, 6.45) is 1.89. The van der Waals surface area contributed by atoms with Gasteiger partial charge in [-0.05, 0) is 48.2 Å². The van der Waals surface area contributed by atoms with Gasteiger partial charge in [0.15, 0.2) is 17.2 Å². The number of carbonyl (C=O) groups is 1. The van der Waals surface area contributed by atoms with Gasteiger partial charge in [-0.2, -0.15) is 5.10 Å². The minimum absolute atomic E-state index is 0.111. The number of hydrogen-bond donors (Lipinski definition) is 0. The minimum atomic E-state index is -0.111. The second kappa shape index (κ2) is 9.70. The molecule has 0 N–H and O–H groups in total. The summed E-state index contributed by atoms with van der Waals surface area (Å²) < 4.78 is 12.6. The zero-order valence-electron chi connectivity index (χ0n) is 18.3. The molecule has 4 aromatic rings.